The quantitative estimate of drug-likeness (QED) is 0.814. The van der Waals surface area contributed by atoms with E-state index >= 15 is 0 Å². The van der Waals surface area contributed by atoms with Gasteiger partial charge in [0.15, 0.2) is 0 Å². The Labute approximate surface area is 118 Å². The highest BCUT2D eigenvalue weighted by molar-refractivity contribution is 5.89. The second-order valence-corrected chi connectivity index (χ2v) is 5.23. The van der Waals surface area contributed by atoms with Crippen LogP contribution in [0, 0.1) is 0 Å². The van der Waals surface area contributed by atoms with Crippen LogP contribution in [0.25, 0.3) is 0 Å². The summed E-state index contributed by atoms with van der Waals surface area (Å²) in [4.78, 5) is 23.4. The topological polar surface area (TPSA) is 81.4 Å². The molecule has 1 fully saturated rings. The number of hydrogen-bond acceptors (Lipinski definition) is 4. The molecule has 1 amide bonds. The summed E-state index contributed by atoms with van der Waals surface area (Å²) in [6.45, 7) is 0.416. The molecule has 1 saturated carbocycles. The monoisotopic (exact) mass is 276 g/mol. The number of rotatable bonds is 4. The van der Waals surface area contributed by atoms with Crippen molar-refractivity contribution in [1.29, 1.82) is 0 Å². The summed E-state index contributed by atoms with van der Waals surface area (Å²) in [7, 11) is 1.35. The number of hydrogen-bond donors (Lipinski definition) is 2. The van der Waals surface area contributed by atoms with Crippen LogP contribution in [0.15, 0.2) is 24.3 Å². The van der Waals surface area contributed by atoms with Crippen LogP contribution in [-0.4, -0.2) is 24.5 Å². The molecule has 2 rings (SSSR count). The van der Waals surface area contributed by atoms with Gasteiger partial charge in [0.2, 0.25) is 5.91 Å². The number of carbonyl (C=O) groups excluding carboxylic acids is 2. The van der Waals surface area contributed by atoms with E-state index < -0.39 is 5.54 Å². The summed E-state index contributed by atoms with van der Waals surface area (Å²) in [5.74, 6) is -0.459. The fourth-order valence-corrected chi connectivity index (χ4v) is 2.47. The van der Waals surface area contributed by atoms with Crippen molar-refractivity contribution in [1.82, 2.24) is 5.32 Å². The Balaban J connectivity index is 1.91. The zero-order valence-corrected chi connectivity index (χ0v) is 11.6. The predicted molar refractivity (Wildman–Crippen MR) is 75.0 cm³/mol. The van der Waals surface area contributed by atoms with E-state index in [4.69, 9.17) is 5.73 Å². The Morgan fingerprint density at radius 2 is 1.85 bits per heavy atom. The lowest BCUT2D eigenvalue weighted by molar-refractivity contribution is -0.126. The van der Waals surface area contributed by atoms with Gasteiger partial charge in [-0.15, -0.1) is 0 Å². The van der Waals surface area contributed by atoms with Gasteiger partial charge in [-0.25, -0.2) is 4.79 Å². The zero-order valence-electron chi connectivity index (χ0n) is 11.6. The molecule has 0 unspecified atom stereocenters. The average molecular weight is 276 g/mol. The number of nitrogens with two attached hydrogens (primary N) is 1. The summed E-state index contributed by atoms with van der Waals surface area (Å²) in [6, 6.07) is 6.96. The highest BCUT2D eigenvalue weighted by Gasteiger charge is 2.36. The molecule has 108 valence electrons. The van der Waals surface area contributed by atoms with E-state index in [1.54, 1.807) is 24.3 Å². The molecular weight excluding hydrogens is 256 g/mol. The van der Waals surface area contributed by atoms with Gasteiger partial charge >= 0.3 is 5.97 Å². The van der Waals surface area contributed by atoms with Gasteiger partial charge in [-0.3, -0.25) is 4.79 Å². The minimum atomic E-state index is -0.702. The molecule has 1 aliphatic carbocycles. The van der Waals surface area contributed by atoms with Gasteiger partial charge in [0.25, 0.3) is 0 Å². The lowest BCUT2D eigenvalue weighted by Crippen LogP contribution is -2.51. The molecule has 0 radical (unpaired) electrons. The number of methoxy groups -OCH3 is 1. The lowest BCUT2D eigenvalue weighted by atomic mass is 9.98. The molecule has 1 aromatic carbocycles. The largest absolute Gasteiger partial charge is 0.465 e. The van der Waals surface area contributed by atoms with Crippen molar-refractivity contribution in [3.8, 4) is 0 Å². The van der Waals surface area contributed by atoms with Crippen molar-refractivity contribution in [2.45, 2.75) is 37.8 Å². The maximum absolute atomic E-state index is 12.1. The first-order chi connectivity index (χ1) is 9.55. The molecule has 0 spiro atoms. The van der Waals surface area contributed by atoms with Gasteiger partial charge in [-0.2, -0.15) is 0 Å². The van der Waals surface area contributed by atoms with E-state index in [1.807, 2.05) is 0 Å². The fraction of sp³-hybridized carbons (Fsp3) is 0.467. The molecule has 5 nitrogen and oxygen atoms in total. The number of benzene rings is 1. The Morgan fingerprint density at radius 3 is 2.40 bits per heavy atom. The molecule has 0 bridgehead atoms. The summed E-state index contributed by atoms with van der Waals surface area (Å²) >= 11 is 0. The van der Waals surface area contributed by atoms with Crippen molar-refractivity contribution < 1.29 is 14.3 Å². The summed E-state index contributed by atoms with van der Waals surface area (Å²) < 4.78 is 4.63. The second kappa shape index (κ2) is 6.05. The first-order valence-corrected chi connectivity index (χ1v) is 6.79. The molecule has 0 aliphatic heterocycles. The van der Waals surface area contributed by atoms with Gasteiger partial charge < -0.3 is 15.8 Å². The minimum absolute atomic E-state index is 0.0907. The Bertz CT molecular complexity index is 490. The first kappa shape index (κ1) is 14.5. The number of carbonyl (C=O) groups is 2. The molecule has 20 heavy (non-hydrogen) atoms. The first-order valence-electron chi connectivity index (χ1n) is 6.79. The van der Waals surface area contributed by atoms with Crippen molar-refractivity contribution in [2.24, 2.45) is 5.73 Å². The maximum Gasteiger partial charge on any atom is 0.337 e. The van der Waals surface area contributed by atoms with Crippen molar-refractivity contribution in [2.75, 3.05) is 7.11 Å². The molecule has 5 heteroatoms. The van der Waals surface area contributed by atoms with Crippen LogP contribution in [0.1, 0.15) is 41.6 Å². The van der Waals surface area contributed by atoms with Crippen LogP contribution < -0.4 is 11.1 Å². The maximum atomic E-state index is 12.1. The third-order valence-electron chi connectivity index (χ3n) is 3.78. The number of amides is 1. The SMILES string of the molecule is COC(=O)c1ccc(CNC(=O)C2(N)CCCC2)cc1. The van der Waals surface area contributed by atoms with Crippen LogP contribution in [0.4, 0.5) is 0 Å². The van der Waals surface area contributed by atoms with Crippen LogP contribution in [0.3, 0.4) is 0 Å². The number of ether oxygens (including phenoxy) is 1. The molecule has 0 heterocycles. The smallest absolute Gasteiger partial charge is 0.337 e. The van der Waals surface area contributed by atoms with Gasteiger partial charge in [-0.05, 0) is 30.5 Å². The number of nitrogens with one attached hydrogen (secondary N) is 1. The van der Waals surface area contributed by atoms with E-state index in [0.29, 0.717) is 12.1 Å². The van der Waals surface area contributed by atoms with E-state index in [0.717, 1.165) is 31.2 Å². The highest BCUT2D eigenvalue weighted by atomic mass is 16.5. The van der Waals surface area contributed by atoms with E-state index in [9.17, 15) is 9.59 Å². The molecule has 0 atom stereocenters. The fourth-order valence-electron chi connectivity index (χ4n) is 2.47. The molecular formula is C15H20N2O3. The van der Waals surface area contributed by atoms with E-state index in [-0.39, 0.29) is 11.9 Å². The minimum Gasteiger partial charge on any atom is -0.465 e. The van der Waals surface area contributed by atoms with Crippen molar-refractivity contribution in [3.63, 3.8) is 0 Å². The predicted octanol–water partition coefficient (Wildman–Crippen LogP) is 1.36. The second-order valence-electron chi connectivity index (χ2n) is 5.23. The highest BCUT2D eigenvalue weighted by Crippen LogP contribution is 2.27. The molecule has 1 aromatic rings. The Morgan fingerprint density at radius 1 is 1.25 bits per heavy atom. The summed E-state index contributed by atoms with van der Waals surface area (Å²) in [5, 5.41) is 2.86. The van der Waals surface area contributed by atoms with Crippen LogP contribution in [0.2, 0.25) is 0 Å². The van der Waals surface area contributed by atoms with E-state index in [2.05, 4.69) is 10.1 Å². The van der Waals surface area contributed by atoms with Crippen LogP contribution in [0.5, 0.6) is 0 Å². The molecule has 1 aliphatic rings. The molecule has 0 aromatic heterocycles. The molecule has 3 N–H and O–H groups in total. The van der Waals surface area contributed by atoms with Crippen molar-refractivity contribution in [3.05, 3.63) is 35.4 Å². The van der Waals surface area contributed by atoms with Crippen molar-refractivity contribution >= 4 is 11.9 Å². The molecule has 0 saturated heterocycles. The number of esters is 1. The van der Waals surface area contributed by atoms with E-state index in [1.165, 1.54) is 7.11 Å². The van der Waals surface area contributed by atoms with Crippen LogP contribution in [-0.2, 0) is 16.1 Å². The van der Waals surface area contributed by atoms with Gasteiger partial charge in [-0.1, -0.05) is 25.0 Å². The van der Waals surface area contributed by atoms with Gasteiger partial charge in [0.1, 0.15) is 0 Å². The average Bonchev–Trinajstić information content (AvgIpc) is 2.92. The zero-order chi connectivity index (χ0) is 14.6. The summed E-state index contributed by atoms with van der Waals surface area (Å²) in [5.41, 5.74) is 6.79. The Kier molecular flexibility index (Phi) is 4.39. The van der Waals surface area contributed by atoms with Gasteiger partial charge in [0.05, 0.1) is 18.2 Å². The summed E-state index contributed by atoms with van der Waals surface area (Å²) in [6.07, 6.45) is 3.52. The third-order valence-corrected chi connectivity index (χ3v) is 3.78. The lowest BCUT2D eigenvalue weighted by Gasteiger charge is -2.22. The Hall–Kier alpha value is -1.88. The normalized spacial score (nSPS) is 16.7. The van der Waals surface area contributed by atoms with Gasteiger partial charge in [0, 0.05) is 6.54 Å². The standard InChI is InChI=1S/C15H20N2O3/c1-20-13(18)12-6-4-11(5-7-12)10-17-14(19)15(16)8-2-3-9-15/h4-7H,2-3,8-10,16H2,1H3,(H,17,19). The van der Waals surface area contributed by atoms with Crippen LogP contribution >= 0.6 is 0 Å². The third kappa shape index (κ3) is 3.17.